The minimum atomic E-state index is -0.293. The predicted octanol–water partition coefficient (Wildman–Crippen LogP) is 5.07. The molecule has 6 aromatic rings. The Bertz CT molecular complexity index is 1600. The Kier molecular flexibility index (Phi) is 4.04. The Balaban J connectivity index is 1.50. The highest BCUT2D eigenvalue weighted by atomic mass is 19.1. The van der Waals surface area contributed by atoms with Crippen LogP contribution in [-0.4, -0.2) is 35.1 Å². The molecule has 5 heterocycles. The molecule has 154 valence electrons. The van der Waals surface area contributed by atoms with Gasteiger partial charge in [-0.15, -0.1) is 0 Å². The van der Waals surface area contributed by atoms with Gasteiger partial charge in [-0.05, 0) is 61.0 Å². The molecule has 6 rings (SSSR count). The van der Waals surface area contributed by atoms with Crippen molar-refractivity contribution in [2.75, 3.05) is 0 Å². The standard InChI is InChI=1S/C24H16FN7/c1-13-6-8-26-19(10-13)15-11-17-21(31-32-23(17)28-12-15)24-29-18-7-9-27-20(22(18)30-24)14-2-4-16(25)5-3-14/h2-12H,1H3,(H,29,30)(H,28,31,32). The number of aryl methyl sites for hydroxylation is 1. The fraction of sp³-hybridized carbons (Fsp3) is 0.0417. The minimum Gasteiger partial charge on any atom is -0.337 e. The molecular weight excluding hydrogens is 405 g/mol. The summed E-state index contributed by atoms with van der Waals surface area (Å²) in [5.41, 5.74) is 7.17. The van der Waals surface area contributed by atoms with Crippen molar-refractivity contribution in [2.24, 2.45) is 0 Å². The fourth-order valence-corrected chi connectivity index (χ4v) is 3.79. The van der Waals surface area contributed by atoms with Gasteiger partial charge in [-0.2, -0.15) is 5.10 Å². The number of hydrogen-bond donors (Lipinski definition) is 2. The first-order chi connectivity index (χ1) is 15.7. The fourth-order valence-electron chi connectivity index (χ4n) is 3.79. The number of aromatic nitrogens is 7. The number of halogens is 1. The number of H-pyrrole nitrogens is 2. The van der Waals surface area contributed by atoms with Gasteiger partial charge in [-0.3, -0.25) is 15.1 Å². The first-order valence-corrected chi connectivity index (χ1v) is 10.0. The number of nitrogens with zero attached hydrogens (tertiary/aromatic N) is 5. The summed E-state index contributed by atoms with van der Waals surface area (Å²) < 4.78 is 13.4. The van der Waals surface area contributed by atoms with Gasteiger partial charge in [0, 0.05) is 29.7 Å². The number of hydrogen-bond acceptors (Lipinski definition) is 5. The molecule has 2 N–H and O–H groups in total. The molecule has 0 bridgehead atoms. The number of aromatic amines is 2. The van der Waals surface area contributed by atoms with Gasteiger partial charge in [0.15, 0.2) is 11.5 Å². The molecular formula is C24H16FN7. The van der Waals surface area contributed by atoms with Crippen LogP contribution in [0.5, 0.6) is 0 Å². The molecule has 0 aliphatic carbocycles. The Morgan fingerprint density at radius 3 is 2.56 bits per heavy atom. The van der Waals surface area contributed by atoms with E-state index in [1.807, 2.05) is 31.2 Å². The van der Waals surface area contributed by atoms with Crippen molar-refractivity contribution >= 4 is 22.1 Å². The third-order valence-electron chi connectivity index (χ3n) is 5.38. The van der Waals surface area contributed by atoms with Crippen molar-refractivity contribution in [2.45, 2.75) is 6.92 Å². The van der Waals surface area contributed by atoms with Crippen LogP contribution in [0, 0.1) is 12.7 Å². The molecule has 5 aromatic heterocycles. The third kappa shape index (κ3) is 3.01. The maximum atomic E-state index is 13.4. The quantitative estimate of drug-likeness (QED) is 0.416. The molecule has 0 saturated carbocycles. The maximum Gasteiger partial charge on any atom is 0.181 e. The normalized spacial score (nSPS) is 11.4. The zero-order valence-corrected chi connectivity index (χ0v) is 17.0. The second-order valence-corrected chi connectivity index (χ2v) is 7.56. The second kappa shape index (κ2) is 7.05. The molecule has 1 aromatic carbocycles. The monoisotopic (exact) mass is 421 g/mol. The lowest BCUT2D eigenvalue weighted by Crippen LogP contribution is -1.87. The minimum absolute atomic E-state index is 0.293. The van der Waals surface area contributed by atoms with E-state index < -0.39 is 0 Å². The summed E-state index contributed by atoms with van der Waals surface area (Å²) in [6, 6.07) is 14.1. The largest absolute Gasteiger partial charge is 0.337 e. The molecule has 0 spiro atoms. The predicted molar refractivity (Wildman–Crippen MR) is 120 cm³/mol. The molecule has 0 fully saturated rings. The number of rotatable bonds is 3. The van der Waals surface area contributed by atoms with Gasteiger partial charge in [0.05, 0.1) is 22.3 Å². The van der Waals surface area contributed by atoms with Crippen molar-refractivity contribution in [3.05, 3.63) is 78.5 Å². The molecule has 8 heteroatoms. The van der Waals surface area contributed by atoms with E-state index >= 15 is 0 Å². The van der Waals surface area contributed by atoms with E-state index in [0.717, 1.165) is 39.0 Å². The molecule has 7 nitrogen and oxygen atoms in total. The van der Waals surface area contributed by atoms with Crippen LogP contribution in [0.2, 0.25) is 0 Å². The number of imidazole rings is 1. The highest BCUT2D eigenvalue weighted by molar-refractivity contribution is 5.96. The van der Waals surface area contributed by atoms with Crippen molar-refractivity contribution in [3.8, 4) is 34.0 Å². The van der Waals surface area contributed by atoms with Crippen molar-refractivity contribution in [1.29, 1.82) is 0 Å². The molecule has 0 unspecified atom stereocenters. The van der Waals surface area contributed by atoms with Crippen LogP contribution in [0.1, 0.15) is 5.56 Å². The number of pyridine rings is 3. The van der Waals surface area contributed by atoms with Gasteiger partial charge >= 0.3 is 0 Å². The van der Waals surface area contributed by atoms with E-state index in [-0.39, 0.29) is 5.82 Å². The summed E-state index contributed by atoms with van der Waals surface area (Å²) in [5.74, 6) is 0.328. The zero-order valence-electron chi connectivity index (χ0n) is 17.0. The van der Waals surface area contributed by atoms with Gasteiger partial charge in [0.2, 0.25) is 0 Å². The smallest absolute Gasteiger partial charge is 0.181 e. The Labute approximate surface area is 181 Å². The molecule has 0 amide bonds. The maximum absolute atomic E-state index is 13.4. The first kappa shape index (κ1) is 18.3. The highest BCUT2D eigenvalue weighted by Crippen LogP contribution is 2.31. The number of benzene rings is 1. The highest BCUT2D eigenvalue weighted by Gasteiger charge is 2.16. The van der Waals surface area contributed by atoms with Crippen LogP contribution in [0.4, 0.5) is 4.39 Å². The van der Waals surface area contributed by atoms with Crippen LogP contribution in [0.15, 0.2) is 67.1 Å². The van der Waals surface area contributed by atoms with E-state index in [4.69, 9.17) is 4.98 Å². The SMILES string of the molecule is Cc1ccnc(-c2cnc3n[nH]c(-c4nc5c(-c6ccc(F)cc6)nccc5[nH]4)c3c2)c1. The summed E-state index contributed by atoms with van der Waals surface area (Å²) in [6.45, 7) is 2.03. The number of fused-ring (bicyclic) bond motifs is 2. The van der Waals surface area contributed by atoms with E-state index in [2.05, 4.69) is 30.1 Å². The summed E-state index contributed by atoms with van der Waals surface area (Å²) in [7, 11) is 0. The first-order valence-electron chi connectivity index (χ1n) is 10.0. The third-order valence-corrected chi connectivity index (χ3v) is 5.38. The molecule has 0 aliphatic rings. The average molecular weight is 421 g/mol. The van der Waals surface area contributed by atoms with Gasteiger partial charge in [-0.1, -0.05) is 0 Å². The molecule has 32 heavy (non-hydrogen) atoms. The van der Waals surface area contributed by atoms with E-state index in [1.165, 1.54) is 12.1 Å². The van der Waals surface area contributed by atoms with Crippen LogP contribution < -0.4 is 0 Å². The summed E-state index contributed by atoms with van der Waals surface area (Å²) in [5, 5.41) is 8.22. The summed E-state index contributed by atoms with van der Waals surface area (Å²) in [4.78, 5) is 21.6. The van der Waals surface area contributed by atoms with Crippen LogP contribution >= 0.6 is 0 Å². The zero-order chi connectivity index (χ0) is 21.7. The van der Waals surface area contributed by atoms with Crippen molar-refractivity contribution in [1.82, 2.24) is 35.1 Å². The van der Waals surface area contributed by atoms with Crippen LogP contribution in [0.25, 0.3) is 56.1 Å². The van der Waals surface area contributed by atoms with E-state index in [0.29, 0.717) is 22.7 Å². The van der Waals surface area contributed by atoms with Crippen molar-refractivity contribution < 1.29 is 4.39 Å². The van der Waals surface area contributed by atoms with Gasteiger partial charge in [0.1, 0.15) is 17.0 Å². The average Bonchev–Trinajstić information content (AvgIpc) is 3.43. The Morgan fingerprint density at radius 2 is 1.72 bits per heavy atom. The molecule has 0 aliphatic heterocycles. The van der Waals surface area contributed by atoms with Gasteiger partial charge < -0.3 is 4.98 Å². The lowest BCUT2D eigenvalue weighted by Gasteiger charge is -2.02. The number of nitrogens with one attached hydrogen (secondary N) is 2. The Morgan fingerprint density at radius 1 is 0.875 bits per heavy atom. The molecule has 0 saturated heterocycles. The Hall–Kier alpha value is -4.46. The lowest BCUT2D eigenvalue weighted by molar-refractivity contribution is 0.628. The van der Waals surface area contributed by atoms with Crippen molar-refractivity contribution in [3.63, 3.8) is 0 Å². The van der Waals surface area contributed by atoms with E-state index in [9.17, 15) is 4.39 Å². The van der Waals surface area contributed by atoms with E-state index in [1.54, 1.807) is 30.7 Å². The molecule has 0 atom stereocenters. The van der Waals surface area contributed by atoms with Crippen LogP contribution in [0.3, 0.4) is 0 Å². The lowest BCUT2D eigenvalue weighted by atomic mass is 10.1. The van der Waals surface area contributed by atoms with Crippen LogP contribution in [-0.2, 0) is 0 Å². The topological polar surface area (TPSA) is 96.0 Å². The van der Waals surface area contributed by atoms with Gasteiger partial charge in [-0.25, -0.2) is 14.4 Å². The summed E-state index contributed by atoms with van der Waals surface area (Å²) in [6.07, 6.45) is 5.26. The summed E-state index contributed by atoms with van der Waals surface area (Å²) >= 11 is 0. The second-order valence-electron chi connectivity index (χ2n) is 7.56. The molecule has 0 radical (unpaired) electrons. The van der Waals surface area contributed by atoms with Gasteiger partial charge in [0.25, 0.3) is 0 Å².